The number of carbonyl (C=O) groups is 1. The zero-order valence-electron chi connectivity index (χ0n) is 13.6. The van der Waals surface area contributed by atoms with Crippen molar-refractivity contribution >= 4 is 11.8 Å². The average Bonchev–Trinajstić information content (AvgIpc) is 2.32. The lowest BCUT2D eigenvalue weighted by molar-refractivity contribution is 0.0636. The summed E-state index contributed by atoms with van der Waals surface area (Å²) in [7, 11) is 0. The number of rotatable bonds is 4. The molecule has 0 aliphatic rings. The van der Waals surface area contributed by atoms with Crippen LogP contribution in [0.3, 0.4) is 0 Å². The van der Waals surface area contributed by atoms with Gasteiger partial charge in [-0.3, -0.25) is 5.32 Å². The molecular weight excluding hydrogens is 250 g/mol. The predicted molar refractivity (Wildman–Crippen MR) is 84.4 cm³/mol. The van der Waals surface area contributed by atoms with E-state index in [2.05, 4.69) is 25.2 Å². The van der Waals surface area contributed by atoms with E-state index in [-0.39, 0.29) is 0 Å². The first kappa shape index (κ1) is 16.5. The minimum absolute atomic E-state index is 0.402. The molecule has 20 heavy (non-hydrogen) atoms. The van der Waals surface area contributed by atoms with Crippen LogP contribution < -0.4 is 5.32 Å². The molecule has 1 N–H and O–H groups in total. The van der Waals surface area contributed by atoms with Crippen LogP contribution >= 0.6 is 0 Å². The van der Waals surface area contributed by atoms with E-state index < -0.39 is 11.7 Å². The number of hydrogen-bond donors (Lipinski definition) is 1. The van der Waals surface area contributed by atoms with Crippen LogP contribution in [0.2, 0.25) is 0 Å². The van der Waals surface area contributed by atoms with Crippen molar-refractivity contribution in [3.63, 3.8) is 0 Å². The highest BCUT2D eigenvalue weighted by Gasteiger charge is 2.17. The normalized spacial score (nSPS) is 11.3. The van der Waals surface area contributed by atoms with E-state index >= 15 is 0 Å². The first-order valence-electron chi connectivity index (χ1n) is 7.33. The third kappa shape index (κ3) is 4.87. The second-order valence-corrected chi connectivity index (χ2v) is 6.25. The molecule has 0 aliphatic carbocycles. The standard InChI is InChI=1S/C17H27NO2/c1-7-8-9-14-10-11-15(13(3)12(14)2)18-16(19)20-17(4,5)6/h10-11H,7-9H2,1-6H3,(H,18,19). The average molecular weight is 277 g/mol. The Kier molecular flexibility index (Phi) is 5.61. The van der Waals surface area contributed by atoms with E-state index in [0.29, 0.717) is 0 Å². The summed E-state index contributed by atoms with van der Waals surface area (Å²) in [5, 5.41) is 2.83. The van der Waals surface area contributed by atoms with E-state index in [1.165, 1.54) is 24.0 Å². The van der Waals surface area contributed by atoms with Crippen LogP contribution in [0.15, 0.2) is 12.1 Å². The summed E-state index contributed by atoms with van der Waals surface area (Å²) >= 11 is 0. The van der Waals surface area contributed by atoms with Crippen molar-refractivity contribution in [2.24, 2.45) is 0 Å². The van der Waals surface area contributed by atoms with E-state index in [0.717, 1.165) is 17.7 Å². The van der Waals surface area contributed by atoms with Gasteiger partial charge in [-0.15, -0.1) is 0 Å². The number of unbranched alkanes of at least 4 members (excludes halogenated alkanes) is 1. The fourth-order valence-electron chi connectivity index (χ4n) is 2.06. The fraction of sp³-hybridized carbons (Fsp3) is 0.588. The van der Waals surface area contributed by atoms with Gasteiger partial charge in [0.25, 0.3) is 0 Å². The molecule has 1 rings (SSSR count). The highest BCUT2D eigenvalue weighted by Crippen LogP contribution is 2.24. The number of amides is 1. The lowest BCUT2D eigenvalue weighted by Gasteiger charge is -2.21. The Morgan fingerprint density at radius 3 is 2.40 bits per heavy atom. The molecule has 1 amide bonds. The highest BCUT2D eigenvalue weighted by atomic mass is 16.6. The molecule has 0 heterocycles. The number of hydrogen-bond acceptors (Lipinski definition) is 2. The second-order valence-electron chi connectivity index (χ2n) is 6.25. The molecule has 112 valence electrons. The van der Waals surface area contributed by atoms with Gasteiger partial charge in [0, 0.05) is 5.69 Å². The van der Waals surface area contributed by atoms with Gasteiger partial charge in [0.1, 0.15) is 5.60 Å². The van der Waals surface area contributed by atoms with E-state index in [4.69, 9.17) is 4.74 Å². The number of aryl methyl sites for hydroxylation is 1. The molecule has 3 nitrogen and oxygen atoms in total. The summed E-state index contributed by atoms with van der Waals surface area (Å²) in [4.78, 5) is 11.8. The summed E-state index contributed by atoms with van der Waals surface area (Å²) in [5.74, 6) is 0. The number of benzene rings is 1. The summed E-state index contributed by atoms with van der Waals surface area (Å²) in [5.41, 5.74) is 4.08. The zero-order chi connectivity index (χ0) is 15.3. The smallest absolute Gasteiger partial charge is 0.412 e. The monoisotopic (exact) mass is 277 g/mol. The van der Waals surface area contributed by atoms with Crippen LogP contribution in [0.5, 0.6) is 0 Å². The number of nitrogens with one attached hydrogen (secondary N) is 1. The molecule has 0 bridgehead atoms. The Morgan fingerprint density at radius 1 is 1.20 bits per heavy atom. The first-order valence-corrected chi connectivity index (χ1v) is 7.33. The molecule has 0 aromatic heterocycles. The molecule has 0 atom stereocenters. The SMILES string of the molecule is CCCCc1ccc(NC(=O)OC(C)(C)C)c(C)c1C. The van der Waals surface area contributed by atoms with Crippen LogP contribution in [0.1, 0.15) is 57.2 Å². The summed E-state index contributed by atoms with van der Waals surface area (Å²) in [6, 6.07) is 4.07. The van der Waals surface area contributed by atoms with Gasteiger partial charge < -0.3 is 4.74 Å². The molecule has 0 saturated heterocycles. The third-order valence-electron chi connectivity index (χ3n) is 3.33. The van der Waals surface area contributed by atoms with Crippen molar-refractivity contribution in [1.29, 1.82) is 0 Å². The lowest BCUT2D eigenvalue weighted by atomic mass is 9.97. The predicted octanol–water partition coefficient (Wildman–Crippen LogP) is 4.99. The van der Waals surface area contributed by atoms with Gasteiger partial charge in [0.15, 0.2) is 0 Å². The Hall–Kier alpha value is -1.51. The minimum Gasteiger partial charge on any atom is -0.444 e. The topological polar surface area (TPSA) is 38.3 Å². The van der Waals surface area contributed by atoms with Crippen LogP contribution in [0.25, 0.3) is 0 Å². The highest BCUT2D eigenvalue weighted by molar-refractivity contribution is 5.86. The number of anilines is 1. The Balaban J connectivity index is 2.82. The maximum Gasteiger partial charge on any atom is 0.412 e. The fourth-order valence-corrected chi connectivity index (χ4v) is 2.06. The molecule has 0 radical (unpaired) electrons. The second kappa shape index (κ2) is 6.78. The van der Waals surface area contributed by atoms with Gasteiger partial charge in [-0.25, -0.2) is 4.79 Å². The molecule has 0 fully saturated rings. The number of ether oxygens (including phenoxy) is 1. The Labute approximate surface area is 122 Å². The summed E-state index contributed by atoms with van der Waals surface area (Å²) < 4.78 is 5.28. The minimum atomic E-state index is -0.478. The largest absolute Gasteiger partial charge is 0.444 e. The van der Waals surface area contributed by atoms with Gasteiger partial charge in [0.05, 0.1) is 0 Å². The van der Waals surface area contributed by atoms with Crippen molar-refractivity contribution < 1.29 is 9.53 Å². The van der Waals surface area contributed by atoms with Crippen LogP contribution in [-0.2, 0) is 11.2 Å². The quantitative estimate of drug-likeness (QED) is 0.841. The lowest BCUT2D eigenvalue weighted by Crippen LogP contribution is -2.27. The first-order chi connectivity index (χ1) is 9.24. The van der Waals surface area contributed by atoms with Crippen LogP contribution in [0.4, 0.5) is 10.5 Å². The van der Waals surface area contributed by atoms with Crippen LogP contribution in [0, 0.1) is 13.8 Å². The van der Waals surface area contributed by atoms with Crippen molar-refractivity contribution in [1.82, 2.24) is 0 Å². The maximum atomic E-state index is 11.8. The maximum absolute atomic E-state index is 11.8. The molecule has 0 saturated carbocycles. The zero-order valence-corrected chi connectivity index (χ0v) is 13.6. The van der Waals surface area contributed by atoms with Gasteiger partial charge in [-0.1, -0.05) is 19.4 Å². The molecule has 0 unspecified atom stereocenters. The molecular formula is C17H27NO2. The van der Waals surface area contributed by atoms with Crippen molar-refractivity contribution in [3.05, 3.63) is 28.8 Å². The Morgan fingerprint density at radius 2 is 1.85 bits per heavy atom. The molecule has 1 aromatic rings. The summed E-state index contributed by atoms with van der Waals surface area (Å²) in [6.07, 6.45) is 3.08. The van der Waals surface area contributed by atoms with Gasteiger partial charge in [-0.2, -0.15) is 0 Å². The van der Waals surface area contributed by atoms with Gasteiger partial charge >= 0.3 is 6.09 Å². The van der Waals surface area contributed by atoms with Crippen molar-refractivity contribution in [2.75, 3.05) is 5.32 Å². The Bertz CT molecular complexity index is 473. The van der Waals surface area contributed by atoms with Crippen LogP contribution in [-0.4, -0.2) is 11.7 Å². The summed E-state index contributed by atoms with van der Waals surface area (Å²) in [6.45, 7) is 11.9. The number of carbonyl (C=O) groups excluding carboxylic acids is 1. The molecule has 3 heteroatoms. The van der Waals surface area contributed by atoms with Gasteiger partial charge in [0.2, 0.25) is 0 Å². The third-order valence-corrected chi connectivity index (χ3v) is 3.33. The van der Waals surface area contributed by atoms with Gasteiger partial charge in [-0.05, 0) is 70.2 Å². The van der Waals surface area contributed by atoms with E-state index in [1.807, 2.05) is 33.8 Å². The molecule has 0 aliphatic heterocycles. The molecule has 1 aromatic carbocycles. The van der Waals surface area contributed by atoms with E-state index in [1.54, 1.807) is 0 Å². The van der Waals surface area contributed by atoms with Crippen molar-refractivity contribution in [2.45, 2.75) is 66.4 Å². The van der Waals surface area contributed by atoms with E-state index in [9.17, 15) is 4.79 Å². The molecule has 0 spiro atoms. The van der Waals surface area contributed by atoms with Crippen molar-refractivity contribution in [3.8, 4) is 0 Å².